The summed E-state index contributed by atoms with van der Waals surface area (Å²) in [5.74, 6) is 0.545. The van der Waals surface area contributed by atoms with Crippen LogP contribution in [0.25, 0.3) is 0 Å². The van der Waals surface area contributed by atoms with Crippen LogP contribution in [-0.4, -0.2) is 17.4 Å². The first-order valence-electron chi connectivity index (χ1n) is 9.19. The van der Waals surface area contributed by atoms with Gasteiger partial charge in [0.1, 0.15) is 5.75 Å². The van der Waals surface area contributed by atoms with Gasteiger partial charge in [0.05, 0.1) is 12.5 Å². The van der Waals surface area contributed by atoms with Crippen molar-refractivity contribution in [3.63, 3.8) is 0 Å². The maximum absolute atomic E-state index is 12.9. The lowest BCUT2D eigenvalue weighted by atomic mass is 10.1. The minimum absolute atomic E-state index is 0.0305. The highest BCUT2D eigenvalue weighted by Gasteiger charge is 2.15. The average Bonchev–Trinajstić information content (AvgIpc) is 2.74. The summed E-state index contributed by atoms with van der Waals surface area (Å²) in [6, 6.07) is 29.3. The summed E-state index contributed by atoms with van der Waals surface area (Å²) < 4.78 is 5.68. The van der Waals surface area contributed by atoms with Crippen LogP contribution in [0.1, 0.15) is 16.7 Å². The van der Waals surface area contributed by atoms with Gasteiger partial charge < -0.3 is 9.64 Å². The molecule has 28 heavy (non-hydrogen) atoms. The number of nitriles is 1. The van der Waals surface area contributed by atoms with E-state index in [0.29, 0.717) is 25.3 Å². The van der Waals surface area contributed by atoms with Crippen LogP contribution in [0.2, 0.25) is 0 Å². The maximum Gasteiger partial charge on any atom is 0.261 e. The van der Waals surface area contributed by atoms with Gasteiger partial charge in [0.15, 0.2) is 6.61 Å². The normalized spacial score (nSPS) is 10.1. The monoisotopic (exact) mass is 370 g/mol. The van der Waals surface area contributed by atoms with Crippen molar-refractivity contribution in [1.29, 1.82) is 5.26 Å². The van der Waals surface area contributed by atoms with Crippen molar-refractivity contribution in [3.8, 4) is 11.8 Å². The van der Waals surface area contributed by atoms with Gasteiger partial charge in [-0.25, -0.2) is 0 Å². The van der Waals surface area contributed by atoms with Crippen molar-refractivity contribution in [2.24, 2.45) is 0 Å². The zero-order valence-corrected chi connectivity index (χ0v) is 15.6. The second-order valence-electron chi connectivity index (χ2n) is 6.49. The molecule has 4 heteroatoms. The molecule has 3 rings (SSSR count). The number of nitrogens with zero attached hydrogens (tertiary/aromatic N) is 2. The Morgan fingerprint density at radius 1 is 0.786 bits per heavy atom. The lowest BCUT2D eigenvalue weighted by molar-refractivity contribution is -0.134. The van der Waals surface area contributed by atoms with Gasteiger partial charge in [0.25, 0.3) is 5.91 Å². The Balaban J connectivity index is 1.66. The fraction of sp³-hybridized carbons (Fsp3) is 0.167. The van der Waals surface area contributed by atoms with Crippen LogP contribution < -0.4 is 4.74 Å². The van der Waals surface area contributed by atoms with Crippen molar-refractivity contribution in [3.05, 3.63) is 102 Å². The first-order valence-corrected chi connectivity index (χ1v) is 9.19. The molecule has 0 heterocycles. The summed E-state index contributed by atoms with van der Waals surface area (Å²) in [4.78, 5) is 14.7. The number of carbonyl (C=O) groups is 1. The van der Waals surface area contributed by atoms with Crippen molar-refractivity contribution < 1.29 is 9.53 Å². The third kappa shape index (κ3) is 5.72. The Hall–Kier alpha value is -3.58. The summed E-state index contributed by atoms with van der Waals surface area (Å²) in [5.41, 5.74) is 3.08. The first kappa shape index (κ1) is 19.2. The van der Waals surface area contributed by atoms with Gasteiger partial charge in [-0.1, -0.05) is 72.8 Å². The van der Waals surface area contributed by atoms with E-state index in [9.17, 15) is 4.79 Å². The molecule has 0 saturated carbocycles. The predicted octanol–water partition coefficient (Wildman–Crippen LogP) is 4.36. The van der Waals surface area contributed by atoms with Gasteiger partial charge in [-0.15, -0.1) is 0 Å². The van der Waals surface area contributed by atoms with Crippen LogP contribution in [0.3, 0.4) is 0 Å². The van der Waals surface area contributed by atoms with Gasteiger partial charge >= 0.3 is 0 Å². The lowest BCUT2D eigenvalue weighted by Gasteiger charge is -2.23. The molecule has 0 radical (unpaired) electrons. The summed E-state index contributed by atoms with van der Waals surface area (Å²) in [6.45, 7) is 1.02. The number of amides is 1. The standard InChI is InChI=1S/C24H22N2O2/c25-16-15-20-11-13-23(14-12-20)28-19-24(27)26(17-21-7-3-1-4-8-21)18-22-9-5-2-6-10-22/h1-14H,15,17-19H2. The highest BCUT2D eigenvalue weighted by Crippen LogP contribution is 2.14. The third-order valence-corrected chi connectivity index (χ3v) is 4.35. The van der Waals surface area contributed by atoms with Crippen LogP contribution in [0.5, 0.6) is 5.75 Å². The van der Waals surface area contributed by atoms with E-state index in [1.165, 1.54) is 0 Å². The Kier molecular flexibility index (Phi) is 6.81. The van der Waals surface area contributed by atoms with E-state index in [-0.39, 0.29) is 12.5 Å². The predicted molar refractivity (Wildman–Crippen MR) is 108 cm³/mol. The molecule has 0 aliphatic carbocycles. The molecule has 4 nitrogen and oxygen atoms in total. The second kappa shape index (κ2) is 9.94. The van der Waals surface area contributed by atoms with Gasteiger partial charge in [-0.05, 0) is 28.8 Å². The Bertz CT molecular complexity index is 875. The zero-order valence-electron chi connectivity index (χ0n) is 15.6. The molecule has 140 valence electrons. The lowest BCUT2D eigenvalue weighted by Crippen LogP contribution is -2.34. The molecule has 3 aromatic carbocycles. The summed E-state index contributed by atoms with van der Waals surface area (Å²) in [7, 11) is 0. The van der Waals surface area contributed by atoms with E-state index in [2.05, 4.69) is 6.07 Å². The van der Waals surface area contributed by atoms with E-state index in [1.54, 1.807) is 17.0 Å². The molecule has 3 aromatic rings. The minimum atomic E-state index is -0.0752. The average molecular weight is 370 g/mol. The Labute approximate surface area is 165 Å². The number of carbonyl (C=O) groups excluding carboxylic acids is 1. The molecule has 0 unspecified atom stereocenters. The smallest absolute Gasteiger partial charge is 0.261 e. The van der Waals surface area contributed by atoms with E-state index >= 15 is 0 Å². The quantitative estimate of drug-likeness (QED) is 0.592. The topological polar surface area (TPSA) is 53.3 Å². The molecular formula is C24H22N2O2. The molecule has 1 amide bonds. The van der Waals surface area contributed by atoms with Crippen LogP contribution in [0, 0.1) is 11.3 Å². The fourth-order valence-corrected chi connectivity index (χ4v) is 2.87. The van der Waals surface area contributed by atoms with Crippen LogP contribution in [0.4, 0.5) is 0 Å². The first-order chi connectivity index (χ1) is 13.7. The largest absolute Gasteiger partial charge is 0.484 e. The fourth-order valence-electron chi connectivity index (χ4n) is 2.87. The minimum Gasteiger partial charge on any atom is -0.484 e. The molecule has 0 aromatic heterocycles. The Morgan fingerprint density at radius 3 is 1.82 bits per heavy atom. The number of hydrogen-bond acceptors (Lipinski definition) is 3. The molecule has 0 N–H and O–H groups in total. The Morgan fingerprint density at radius 2 is 1.32 bits per heavy atom. The number of rotatable bonds is 8. The molecule has 0 bridgehead atoms. The van der Waals surface area contributed by atoms with Crippen LogP contribution in [0.15, 0.2) is 84.9 Å². The molecule has 0 aliphatic heterocycles. The highest BCUT2D eigenvalue weighted by molar-refractivity contribution is 5.77. The van der Waals surface area contributed by atoms with Crippen molar-refractivity contribution in [2.75, 3.05) is 6.61 Å². The molecule has 0 aliphatic rings. The number of ether oxygens (including phenoxy) is 1. The summed E-state index contributed by atoms with van der Waals surface area (Å²) in [6.07, 6.45) is 0.362. The maximum atomic E-state index is 12.9. The number of hydrogen-bond donors (Lipinski definition) is 0. The van der Waals surface area contributed by atoms with E-state index < -0.39 is 0 Å². The van der Waals surface area contributed by atoms with Crippen LogP contribution >= 0.6 is 0 Å². The summed E-state index contributed by atoms with van der Waals surface area (Å²) in [5, 5.41) is 8.74. The van der Waals surface area contributed by atoms with E-state index in [0.717, 1.165) is 16.7 Å². The van der Waals surface area contributed by atoms with E-state index in [1.807, 2.05) is 72.8 Å². The molecule has 0 saturated heterocycles. The van der Waals surface area contributed by atoms with Crippen molar-refractivity contribution >= 4 is 5.91 Å². The number of benzene rings is 3. The van der Waals surface area contributed by atoms with Crippen LogP contribution in [-0.2, 0) is 24.3 Å². The molecular weight excluding hydrogens is 348 g/mol. The third-order valence-electron chi connectivity index (χ3n) is 4.35. The van der Waals surface area contributed by atoms with Gasteiger partial charge in [0.2, 0.25) is 0 Å². The molecule has 0 fully saturated rings. The highest BCUT2D eigenvalue weighted by atomic mass is 16.5. The van der Waals surface area contributed by atoms with E-state index in [4.69, 9.17) is 10.00 Å². The van der Waals surface area contributed by atoms with Crippen molar-refractivity contribution in [2.45, 2.75) is 19.5 Å². The molecule has 0 atom stereocenters. The van der Waals surface area contributed by atoms with Gasteiger partial charge in [-0.3, -0.25) is 4.79 Å². The van der Waals surface area contributed by atoms with Crippen molar-refractivity contribution in [1.82, 2.24) is 4.90 Å². The van der Waals surface area contributed by atoms with Gasteiger partial charge in [-0.2, -0.15) is 5.26 Å². The SMILES string of the molecule is N#CCc1ccc(OCC(=O)N(Cc2ccccc2)Cc2ccccc2)cc1. The summed E-state index contributed by atoms with van der Waals surface area (Å²) >= 11 is 0. The molecule has 0 spiro atoms. The zero-order chi connectivity index (χ0) is 19.6. The second-order valence-corrected chi connectivity index (χ2v) is 6.49. The van der Waals surface area contributed by atoms with Gasteiger partial charge in [0, 0.05) is 13.1 Å².